The van der Waals surface area contributed by atoms with Gasteiger partial charge in [-0.05, 0) is 23.6 Å². The lowest BCUT2D eigenvalue weighted by Gasteiger charge is -2.11. The number of hydrogen-bond donors (Lipinski definition) is 2. The third-order valence-electron chi connectivity index (χ3n) is 3.32. The maximum atomic E-state index is 12.2. The number of benzene rings is 1. The zero-order valence-corrected chi connectivity index (χ0v) is 15.1. The van der Waals surface area contributed by atoms with Crippen molar-refractivity contribution in [3.8, 4) is 11.5 Å². The van der Waals surface area contributed by atoms with Gasteiger partial charge in [-0.1, -0.05) is 11.8 Å². The number of thioether (sulfide) groups is 1. The Labute approximate surface area is 151 Å². The molecule has 130 valence electrons. The highest BCUT2D eigenvalue weighted by Gasteiger charge is 2.11. The Balaban J connectivity index is 1.67. The van der Waals surface area contributed by atoms with Crippen molar-refractivity contribution in [2.45, 2.75) is 5.16 Å². The first-order valence-electron chi connectivity index (χ1n) is 7.23. The number of fused-ring (bicyclic) bond motifs is 1. The minimum Gasteiger partial charge on any atom is -0.497 e. The molecule has 3 aromatic rings. The van der Waals surface area contributed by atoms with Crippen LogP contribution in [0.2, 0.25) is 0 Å². The van der Waals surface area contributed by atoms with Crippen molar-refractivity contribution in [3.05, 3.63) is 40.0 Å². The second-order valence-corrected chi connectivity index (χ2v) is 6.79. The maximum absolute atomic E-state index is 12.2. The molecule has 0 saturated carbocycles. The van der Waals surface area contributed by atoms with E-state index in [1.807, 2.05) is 5.38 Å². The van der Waals surface area contributed by atoms with Gasteiger partial charge in [0.1, 0.15) is 16.2 Å². The number of ether oxygens (including phenoxy) is 2. The van der Waals surface area contributed by atoms with Gasteiger partial charge in [-0.25, -0.2) is 4.98 Å². The molecule has 0 spiro atoms. The van der Waals surface area contributed by atoms with Gasteiger partial charge >= 0.3 is 0 Å². The number of amides is 1. The molecule has 2 heterocycles. The summed E-state index contributed by atoms with van der Waals surface area (Å²) in [6.07, 6.45) is 0. The van der Waals surface area contributed by atoms with E-state index in [1.54, 1.807) is 31.4 Å². The third kappa shape index (κ3) is 3.94. The fraction of sp³-hybridized carbons (Fsp3) is 0.188. The van der Waals surface area contributed by atoms with E-state index in [-0.39, 0.29) is 17.2 Å². The van der Waals surface area contributed by atoms with Gasteiger partial charge in [0.2, 0.25) is 5.91 Å². The number of anilines is 1. The lowest BCUT2D eigenvalue weighted by Crippen LogP contribution is -2.16. The predicted octanol–water partition coefficient (Wildman–Crippen LogP) is 2.73. The molecule has 3 rings (SSSR count). The van der Waals surface area contributed by atoms with E-state index in [0.29, 0.717) is 32.6 Å². The van der Waals surface area contributed by atoms with Crippen molar-refractivity contribution in [2.75, 3.05) is 25.3 Å². The van der Waals surface area contributed by atoms with E-state index in [2.05, 4.69) is 15.3 Å². The lowest BCUT2D eigenvalue weighted by atomic mass is 10.2. The van der Waals surface area contributed by atoms with E-state index >= 15 is 0 Å². The SMILES string of the molecule is COc1ccc(NC(=O)CSc2nc3ccsc3c(=O)[nH]2)c(OC)c1. The van der Waals surface area contributed by atoms with Gasteiger partial charge in [-0.3, -0.25) is 9.59 Å². The molecule has 0 bridgehead atoms. The van der Waals surface area contributed by atoms with E-state index in [9.17, 15) is 9.59 Å². The molecule has 7 nitrogen and oxygen atoms in total. The highest BCUT2D eigenvalue weighted by Crippen LogP contribution is 2.29. The van der Waals surface area contributed by atoms with Gasteiger partial charge < -0.3 is 19.8 Å². The van der Waals surface area contributed by atoms with Crippen LogP contribution in [-0.2, 0) is 4.79 Å². The summed E-state index contributed by atoms with van der Waals surface area (Å²) in [7, 11) is 3.08. The Hall–Kier alpha value is -2.52. The smallest absolute Gasteiger partial charge is 0.269 e. The summed E-state index contributed by atoms with van der Waals surface area (Å²) in [5, 5.41) is 4.99. The summed E-state index contributed by atoms with van der Waals surface area (Å²) < 4.78 is 11.0. The topological polar surface area (TPSA) is 93.3 Å². The second-order valence-electron chi connectivity index (χ2n) is 4.91. The third-order valence-corrected chi connectivity index (χ3v) is 5.09. The molecular formula is C16H15N3O4S2. The Morgan fingerprint density at radius 2 is 2.16 bits per heavy atom. The number of aromatic nitrogens is 2. The molecule has 0 radical (unpaired) electrons. The van der Waals surface area contributed by atoms with E-state index in [0.717, 1.165) is 11.8 Å². The molecule has 0 aliphatic carbocycles. The zero-order valence-electron chi connectivity index (χ0n) is 13.5. The average molecular weight is 377 g/mol. The molecule has 1 amide bonds. The van der Waals surface area contributed by atoms with Gasteiger partial charge in [0.05, 0.1) is 31.2 Å². The molecule has 25 heavy (non-hydrogen) atoms. The molecular weight excluding hydrogens is 362 g/mol. The van der Waals surface area contributed by atoms with Crippen LogP contribution in [0.15, 0.2) is 39.6 Å². The number of methoxy groups -OCH3 is 2. The number of aromatic amines is 1. The fourth-order valence-electron chi connectivity index (χ4n) is 2.14. The highest BCUT2D eigenvalue weighted by molar-refractivity contribution is 7.99. The van der Waals surface area contributed by atoms with Gasteiger partial charge in [0.15, 0.2) is 5.16 Å². The Morgan fingerprint density at radius 1 is 1.32 bits per heavy atom. The van der Waals surface area contributed by atoms with Crippen LogP contribution < -0.4 is 20.3 Å². The zero-order chi connectivity index (χ0) is 17.8. The number of rotatable bonds is 6. The number of carbonyl (C=O) groups is 1. The first-order valence-corrected chi connectivity index (χ1v) is 9.09. The standard InChI is InChI=1S/C16H15N3O4S2/c1-22-9-3-4-10(12(7-9)23-2)17-13(20)8-25-16-18-11-5-6-24-14(11)15(21)19-16/h3-7H,8H2,1-2H3,(H,17,20)(H,18,19,21). The van der Waals surface area contributed by atoms with Crippen LogP contribution in [0.5, 0.6) is 11.5 Å². The lowest BCUT2D eigenvalue weighted by molar-refractivity contribution is -0.113. The summed E-state index contributed by atoms with van der Waals surface area (Å²) >= 11 is 2.50. The average Bonchev–Trinajstić information content (AvgIpc) is 3.09. The molecule has 0 fully saturated rings. The van der Waals surface area contributed by atoms with Crippen LogP contribution in [0.25, 0.3) is 10.2 Å². The van der Waals surface area contributed by atoms with E-state index in [4.69, 9.17) is 9.47 Å². The van der Waals surface area contributed by atoms with Crippen LogP contribution in [0.4, 0.5) is 5.69 Å². The summed E-state index contributed by atoms with van der Waals surface area (Å²) in [4.78, 5) is 31.1. The first-order chi connectivity index (χ1) is 12.1. The van der Waals surface area contributed by atoms with Crippen molar-refractivity contribution < 1.29 is 14.3 Å². The van der Waals surface area contributed by atoms with E-state index in [1.165, 1.54) is 18.4 Å². The van der Waals surface area contributed by atoms with Crippen LogP contribution in [0.1, 0.15) is 0 Å². The largest absolute Gasteiger partial charge is 0.497 e. The molecule has 9 heteroatoms. The first kappa shape index (κ1) is 17.3. The summed E-state index contributed by atoms with van der Waals surface area (Å²) in [6, 6.07) is 6.90. The predicted molar refractivity (Wildman–Crippen MR) is 99.1 cm³/mol. The van der Waals surface area contributed by atoms with Crippen LogP contribution >= 0.6 is 23.1 Å². The summed E-state index contributed by atoms with van der Waals surface area (Å²) in [6.45, 7) is 0. The van der Waals surface area contributed by atoms with Crippen molar-refractivity contribution in [3.63, 3.8) is 0 Å². The van der Waals surface area contributed by atoms with Gasteiger partial charge in [0.25, 0.3) is 5.56 Å². The highest BCUT2D eigenvalue weighted by atomic mass is 32.2. The minimum absolute atomic E-state index is 0.105. The molecule has 0 atom stereocenters. The molecule has 2 aromatic heterocycles. The van der Waals surface area contributed by atoms with E-state index < -0.39 is 0 Å². The number of H-pyrrole nitrogens is 1. The molecule has 0 aliphatic rings. The quantitative estimate of drug-likeness (QED) is 0.507. The minimum atomic E-state index is -0.235. The van der Waals surface area contributed by atoms with Crippen LogP contribution in [-0.4, -0.2) is 35.8 Å². The van der Waals surface area contributed by atoms with Gasteiger partial charge in [0, 0.05) is 6.07 Å². The molecule has 0 aliphatic heterocycles. The maximum Gasteiger partial charge on any atom is 0.269 e. The molecule has 0 unspecified atom stereocenters. The normalized spacial score (nSPS) is 10.6. The van der Waals surface area contributed by atoms with Gasteiger partial charge in [-0.15, -0.1) is 11.3 Å². The second kappa shape index (κ2) is 7.58. The Bertz CT molecular complexity index is 967. The van der Waals surface area contributed by atoms with Crippen molar-refractivity contribution in [1.82, 2.24) is 9.97 Å². The number of thiophene rings is 1. The van der Waals surface area contributed by atoms with Crippen LogP contribution in [0.3, 0.4) is 0 Å². The Kier molecular flexibility index (Phi) is 5.25. The Morgan fingerprint density at radius 3 is 2.92 bits per heavy atom. The number of carbonyl (C=O) groups excluding carboxylic acids is 1. The molecule has 1 aromatic carbocycles. The monoisotopic (exact) mass is 377 g/mol. The number of nitrogens with one attached hydrogen (secondary N) is 2. The van der Waals surface area contributed by atoms with Crippen molar-refractivity contribution >= 4 is 44.9 Å². The van der Waals surface area contributed by atoms with Crippen LogP contribution in [0, 0.1) is 0 Å². The summed E-state index contributed by atoms with van der Waals surface area (Å²) in [5.74, 6) is 1.01. The fourth-order valence-corrected chi connectivity index (χ4v) is 3.54. The molecule has 0 saturated heterocycles. The number of hydrogen-bond acceptors (Lipinski definition) is 7. The number of nitrogens with zero attached hydrogens (tertiary/aromatic N) is 1. The van der Waals surface area contributed by atoms with Crippen molar-refractivity contribution in [2.24, 2.45) is 0 Å². The van der Waals surface area contributed by atoms with Gasteiger partial charge in [-0.2, -0.15) is 0 Å². The molecule has 2 N–H and O–H groups in total. The summed E-state index contributed by atoms with van der Waals surface area (Å²) in [5.41, 5.74) is 0.983. The van der Waals surface area contributed by atoms with Crippen molar-refractivity contribution in [1.29, 1.82) is 0 Å².